The summed E-state index contributed by atoms with van der Waals surface area (Å²) in [6.45, 7) is 12.7. The van der Waals surface area contributed by atoms with E-state index in [0.717, 1.165) is 6.42 Å². The van der Waals surface area contributed by atoms with Crippen LogP contribution in [0, 0.1) is 41.5 Å². The second-order valence-corrected chi connectivity index (χ2v) is 10.0. The summed E-state index contributed by atoms with van der Waals surface area (Å²) in [5, 5.41) is 0. The molecule has 5 aromatic rings. The number of hydrogen-bond donors (Lipinski definition) is 0. The molecule has 5 rings (SSSR count). The smallest absolute Gasteiger partial charge is 0.00258 e. The van der Waals surface area contributed by atoms with Gasteiger partial charge in [-0.2, -0.15) is 0 Å². The first kappa shape index (κ1) is 36.1. The minimum Gasteiger partial charge on any atom is -0.0776 e. The van der Waals surface area contributed by atoms with Gasteiger partial charge in [0.15, 0.2) is 0 Å². The van der Waals surface area contributed by atoms with E-state index in [9.17, 15) is 0 Å². The van der Waals surface area contributed by atoms with Gasteiger partial charge >= 0.3 is 0 Å². The highest BCUT2D eigenvalue weighted by Crippen LogP contribution is 2.19. The zero-order chi connectivity index (χ0) is 26.6. The summed E-state index contributed by atoms with van der Waals surface area (Å²) in [5.41, 5.74) is 13.2. The van der Waals surface area contributed by atoms with Crippen LogP contribution in [0.5, 0.6) is 0 Å². The molecular weight excluding hydrogens is 480 g/mol. The van der Waals surface area contributed by atoms with Gasteiger partial charge in [-0.15, -0.1) is 0 Å². The highest BCUT2D eigenvalue weighted by molar-refractivity contribution is 5.63. The van der Waals surface area contributed by atoms with Crippen molar-refractivity contribution >= 4 is 0 Å². The third kappa shape index (κ3) is 12.8. The lowest BCUT2D eigenvalue weighted by molar-refractivity contribution is 1.18. The lowest BCUT2D eigenvalue weighted by Crippen LogP contribution is -1.88. The van der Waals surface area contributed by atoms with E-state index in [1.807, 2.05) is 0 Å². The molecule has 5 aromatic carbocycles. The van der Waals surface area contributed by atoms with Crippen molar-refractivity contribution in [1.82, 2.24) is 0 Å². The summed E-state index contributed by atoms with van der Waals surface area (Å²) >= 11 is 0. The van der Waals surface area contributed by atoms with E-state index in [-0.39, 0.29) is 22.3 Å². The maximum atomic E-state index is 2.20. The van der Waals surface area contributed by atoms with E-state index >= 15 is 0 Å². The molecule has 0 amide bonds. The molecule has 0 bridgehead atoms. The summed E-state index contributed by atoms with van der Waals surface area (Å²) < 4.78 is 0. The van der Waals surface area contributed by atoms with Gasteiger partial charge in [0, 0.05) is 0 Å². The van der Waals surface area contributed by atoms with Crippen molar-refractivity contribution in [3.8, 4) is 11.1 Å². The highest BCUT2D eigenvalue weighted by atomic mass is 14.0. The zero-order valence-electron chi connectivity index (χ0n) is 23.3. The molecule has 0 heterocycles. The molecule has 212 valence electrons. The van der Waals surface area contributed by atoms with Gasteiger partial charge in [0.25, 0.3) is 0 Å². The molecule has 0 nitrogen and oxygen atoms in total. The Morgan fingerprint density at radius 1 is 0.275 bits per heavy atom. The van der Waals surface area contributed by atoms with E-state index in [1.54, 1.807) is 0 Å². The van der Waals surface area contributed by atoms with Crippen LogP contribution in [0.2, 0.25) is 0 Å². The number of benzene rings is 5. The van der Waals surface area contributed by atoms with Crippen molar-refractivity contribution in [3.63, 3.8) is 0 Å². The van der Waals surface area contributed by atoms with Crippen LogP contribution in [0.25, 0.3) is 11.1 Å². The molecule has 0 aliphatic rings. The van der Waals surface area contributed by atoms with Crippen molar-refractivity contribution in [2.75, 3.05) is 0 Å². The fraction of sp³-hybridized carbons (Fsp3) is 0.250. The van der Waals surface area contributed by atoms with Crippen LogP contribution in [0.1, 0.15) is 66.8 Å². The Morgan fingerprint density at radius 2 is 0.450 bits per heavy atom. The normalized spacial score (nSPS) is 9.25. The predicted octanol–water partition coefficient (Wildman–Crippen LogP) is 12.1. The Balaban J connectivity index is 0.000000572. The molecule has 0 spiro atoms. The Kier molecular flexibility index (Phi) is 16.6. The summed E-state index contributed by atoms with van der Waals surface area (Å²) in [6, 6.07) is 43.2. The van der Waals surface area contributed by atoms with E-state index < -0.39 is 0 Å². The summed E-state index contributed by atoms with van der Waals surface area (Å²) in [7, 11) is 0. The largest absolute Gasteiger partial charge is 0.0776 e. The molecule has 0 N–H and O–H groups in total. The van der Waals surface area contributed by atoms with Crippen molar-refractivity contribution in [1.29, 1.82) is 0 Å². The summed E-state index contributed by atoms with van der Waals surface area (Å²) in [5.74, 6) is 0. The Labute approximate surface area is 246 Å². The van der Waals surface area contributed by atoms with E-state index in [2.05, 4.69) is 163 Å². The Bertz CT molecular complexity index is 1210. The van der Waals surface area contributed by atoms with Gasteiger partial charge in [-0.3, -0.25) is 0 Å². The molecule has 40 heavy (non-hydrogen) atoms. The lowest BCUT2D eigenvalue weighted by atomic mass is 10.0. The second kappa shape index (κ2) is 18.4. The van der Waals surface area contributed by atoms with Crippen molar-refractivity contribution in [2.45, 2.75) is 70.2 Å². The van der Waals surface area contributed by atoms with Crippen molar-refractivity contribution < 1.29 is 0 Å². The van der Waals surface area contributed by atoms with Gasteiger partial charge in [0.05, 0.1) is 0 Å². The standard InChI is InChI=1S/C15H16.C14H14.C8H10.3CH4/c1-12-3-7-14(8-4-12)11-15-9-5-13(2)6-10-15;1-11-3-7-13(8-4-11)14-9-5-12(2)6-10-14;1-7-3-5-8(2)6-4-7;;;/h3-10H,11H2,1-2H3;3-10H,1-2H3;3-6H,1-2H3;3*1H4. The third-order valence-corrected chi connectivity index (χ3v) is 6.30. The minimum atomic E-state index is 0. The molecule has 0 atom stereocenters. The van der Waals surface area contributed by atoms with Gasteiger partial charge in [0.1, 0.15) is 0 Å². The van der Waals surface area contributed by atoms with Crippen LogP contribution in [0.3, 0.4) is 0 Å². The fourth-order valence-corrected chi connectivity index (χ4v) is 3.78. The van der Waals surface area contributed by atoms with Crippen LogP contribution in [-0.2, 0) is 6.42 Å². The van der Waals surface area contributed by atoms with Gasteiger partial charge < -0.3 is 0 Å². The highest BCUT2D eigenvalue weighted by Gasteiger charge is 1.96. The monoisotopic (exact) mass is 532 g/mol. The molecule has 0 aromatic heterocycles. The first-order valence-corrected chi connectivity index (χ1v) is 13.1. The molecule has 0 radical (unpaired) electrons. The van der Waals surface area contributed by atoms with E-state index in [1.165, 1.54) is 55.6 Å². The van der Waals surface area contributed by atoms with Crippen LogP contribution in [0.15, 0.2) is 121 Å². The molecule has 0 saturated carbocycles. The maximum absolute atomic E-state index is 2.20. The number of aryl methyl sites for hydroxylation is 6. The van der Waals surface area contributed by atoms with Gasteiger partial charge in [0.2, 0.25) is 0 Å². The van der Waals surface area contributed by atoms with Gasteiger partial charge in [-0.25, -0.2) is 0 Å². The minimum absolute atomic E-state index is 0. The van der Waals surface area contributed by atoms with Gasteiger partial charge in [-0.05, 0) is 70.2 Å². The summed E-state index contributed by atoms with van der Waals surface area (Å²) in [4.78, 5) is 0. The molecule has 0 aliphatic carbocycles. The van der Waals surface area contributed by atoms with Crippen LogP contribution >= 0.6 is 0 Å². The Morgan fingerprint density at radius 3 is 0.675 bits per heavy atom. The maximum Gasteiger partial charge on any atom is -0.00258 e. The van der Waals surface area contributed by atoms with Crippen molar-refractivity contribution in [2.24, 2.45) is 0 Å². The first-order chi connectivity index (χ1) is 17.8. The van der Waals surface area contributed by atoms with E-state index in [0.29, 0.717) is 0 Å². The molecule has 0 unspecified atom stereocenters. The number of rotatable bonds is 3. The Hall–Kier alpha value is -3.90. The molecule has 0 fully saturated rings. The van der Waals surface area contributed by atoms with Gasteiger partial charge in [-0.1, -0.05) is 177 Å². The summed E-state index contributed by atoms with van der Waals surface area (Å²) in [6.07, 6.45) is 1.03. The average molecular weight is 533 g/mol. The number of hydrogen-bond acceptors (Lipinski definition) is 0. The zero-order valence-corrected chi connectivity index (χ0v) is 23.3. The molecule has 0 aliphatic heterocycles. The second-order valence-electron chi connectivity index (χ2n) is 10.0. The molecule has 0 heteroatoms. The topological polar surface area (TPSA) is 0 Å². The quantitative estimate of drug-likeness (QED) is 0.217. The van der Waals surface area contributed by atoms with E-state index in [4.69, 9.17) is 0 Å². The average Bonchev–Trinajstić information content (AvgIpc) is 2.90. The van der Waals surface area contributed by atoms with Crippen LogP contribution < -0.4 is 0 Å². The SMILES string of the molecule is C.C.C.Cc1ccc(-c2ccc(C)cc2)cc1.Cc1ccc(C)cc1.Cc1ccc(Cc2ccc(C)cc2)cc1. The third-order valence-electron chi connectivity index (χ3n) is 6.30. The molecule has 0 saturated heterocycles. The lowest BCUT2D eigenvalue weighted by Gasteiger charge is -2.03. The fourth-order valence-electron chi connectivity index (χ4n) is 3.78. The van der Waals surface area contributed by atoms with Crippen LogP contribution in [-0.4, -0.2) is 0 Å². The van der Waals surface area contributed by atoms with Crippen LogP contribution in [0.4, 0.5) is 0 Å². The van der Waals surface area contributed by atoms with Crippen molar-refractivity contribution in [3.05, 3.63) is 166 Å². The predicted molar refractivity (Wildman–Crippen MR) is 183 cm³/mol. The molecular formula is C40H52. The first-order valence-electron chi connectivity index (χ1n) is 13.1.